The van der Waals surface area contributed by atoms with Gasteiger partial charge in [0.05, 0.1) is 5.54 Å². The third kappa shape index (κ3) is 2.11. The molecule has 3 aromatic rings. The van der Waals surface area contributed by atoms with Crippen LogP contribution in [-0.2, 0) is 5.54 Å². The molecule has 0 aliphatic carbocycles. The Labute approximate surface area is 119 Å². The van der Waals surface area contributed by atoms with E-state index >= 15 is 0 Å². The molecule has 0 saturated heterocycles. The topological polar surface area (TPSA) is 26.0 Å². The molecule has 1 unspecified atom stereocenters. The second kappa shape index (κ2) is 4.65. The van der Waals surface area contributed by atoms with Gasteiger partial charge in [-0.2, -0.15) is 0 Å². The van der Waals surface area contributed by atoms with Gasteiger partial charge in [-0.3, -0.25) is 0 Å². The first kappa shape index (κ1) is 13.2. The summed E-state index contributed by atoms with van der Waals surface area (Å²) in [5, 5.41) is 3.07. The summed E-state index contributed by atoms with van der Waals surface area (Å²) < 4.78 is 27.9. The molecule has 2 N–H and O–H groups in total. The van der Waals surface area contributed by atoms with Crippen LogP contribution in [0.4, 0.5) is 8.78 Å². The Hall–Kier alpha value is -1.78. The van der Waals surface area contributed by atoms with Crippen LogP contribution in [0.1, 0.15) is 18.1 Å². The van der Waals surface area contributed by atoms with E-state index in [0.717, 1.165) is 21.7 Å². The van der Waals surface area contributed by atoms with Crippen LogP contribution in [0.15, 0.2) is 47.8 Å². The largest absolute Gasteiger partial charge is 0.318 e. The summed E-state index contributed by atoms with van der Waals surface area (Å²) in [6.45, 7) is 1.77. The van der Waals surface area contributed by atoms with E-state index < -0.39 is 17.2 Å². The molecule has 1 aromatic heterocycles. The fraction of sp³-hybridized carbons (Fsp3) is 0.125. The van der Waals surface area contributed by atoms with Gasteiger partial charge in [0.25, 0.3) is 0 Å². The zero-order valence-electron chi connectivity index (χ0n) is 10.9. The van der Waals surface area contributed by atoms with Crippen molar-refractivity contribution in [3.63, 3.8) is 0 Å². The predicted molar refractivity (Wildman–Crippen MR) is 78.8 cm³/mol. The number of nitrogens with two attached hydrogens (primary N) is 1. The van der Waals surface area contributed by atoms with Crippen LogP contribution in [0.2, 0.25) is 0 Å². The van der Waals surface area contributed by atoms with Gasteiger partial charge in [-0.25, -0.2) is 8.78 Å². The molecular formula is C16H13F2NS. The lowest BCUT2D eigenvalue weighted by molar-refractivity contribution is 0.552. The van der Waals surface area contributed by atoms with Crippen LogP contribution in [0.25, 0.3) is 10.1 Å². The predicted octanol–water partition coefficient (Wildman–Crippen LogP) is 4.40. The van der Waals surface area contributed by atoms with Crippen LogP contribution in [0, 0.1) is 11.6 Å². The SMILES string of the molecule is CC(N)(c1cc(F)cc(F)c1)c1cccc2ccsc12. The lowest BCUT2D eigenvalue weighted by Crippen LogP contribution is -2.34. The highest BCUT2D eigenvalue weighted by atomic mass is 32.1. The molecular weight excluding hydrogens is 276 g/mol. The first-order valence-corrected chi connectivity index (χ1v) is 7.08. The number of benzene rings is 2. The van der Waals surface area contributed by atoms with E-state index in [1.54, 1.807) is 18.3 Å². The molecule has 0 radical (unpaired) electrons. The van der Waals surface area contributed by atoms with Gasteiger partial charge in [0.2, 0.25) is 0 Å². The maximum Gasteiger partial charge on any atom is 0.126 e. The summed E-state index contributed by atoms with van der Waals surface area (Å²) in [7, 11) is 0. The van der Waals surface area contributed by atoms with Crippen molar-refractivity contribution in [1.82, 2.24) is 0 Å². The van der Waals surface area contributed by atoms with Crippen LogP contribution < -0.4 is 5.73 Å². The standard InChI is InChI=1S/C16H13F2NS/c1-16(19,11-7-12(17)9-13(18)8-11)14-4-2-3-10-5-6-20-15(10)14/h2-9H,19H2,1H3. The van der Waals surface area contributed by atoms with Gasteiger partial charge in [0.1, 0.15) is 11.6 Å². The normalized spacial score (nSPS) is 14.4. The lowest BCUT2D eigenvalue weighted by atomic mass is 9.85. The molecule has 20 heavy (non-hydrogen) atoms. The minimum atomic E-state index is -0.951. The third-order valence-corrected chi connectivity index (χ3v) is 4.46. The molecule has 4 heteroatoms. The van der Waals surface area contributed by atoms with E-state index in [2.05, 4.69) is 0 Å². The van der Waals surface area contributed by atoms with Gasteiger partial charge in [-0.05, 0) is 47.0 Å². The molecule has 0 amide bonds. The highest BCUT2D eigenvalue weighted by Crippen LogP contribution is 2.35. The average Bonchev–Trinajstić information content (AvgIpc) is 2.85. The van der Waals surface area contributed by atoms with Crippen molar-refractivity contribution in [3.8, 4) is 0 Å². The van der Waals surface area contributed by atoms with Crippen molar-refractivity contribution >= 4 is 21.4 Å². The Bertz CT molecular complexity index is 757. The number of hydrogen-bond acceptors (Lipinski definition) is 2. The third-order valence-electron chi connectivity index (χ3n) is 3.50. The van der Waals surface area contributed by atoms with E-state index in [-0.39, 0.29) is 0 Å². The quantitative estimate of drug-likeness (QED) is 0.743. The summed E-state index contributed by atoms with van der Waals surface area (Å²) >= 11 is 1.58. The highest BCUT2D eigenvalue weighted by molar-refractivity contribution is 7.17. The molecule has 0 saturated carbocycles. The van der Waals surface area contributed by atoms with E-state index in [0.29, 0.717) is 5.56 Å². The van der Waals surface area contributed by atoms with Crippen LogP contribution in [0.5, 0.6) is 0 Å². The Balaban J connectivity index is 2.22. The van der Waals surface area contributed by atoms with Gasteiger partial charge in [-0.1, -0.05) is 18.2 Å². The molecule has 0 aliphatic heterocycles. The maximum atomic E-state index is 13.4. The maximum absolute atomic E-state index is 13.4. The molecule has 1 heterocycles. The van der Waals surface area contributed by atoms with Crippen molar-refractivity contribution in [3.05, 3.63) is 70.6 Å². The molecule has 0 bridgehead atoms. The molecule has 2 aromatic carbocycles. The van der Waals surface area contributed by atoms with Crippen LogP contribution >= 0.6 is 11.3 Å². The number of halogens is 2. The Morgan fingerprint density at radius 1 is 1.05 bits per heavy atom. The molecule has 0 spiro atoms. The first-order chi connectivity index (χ1) is 9.48. The summed E-state index contributed by atoms with van der Waals surface area (Å²) in [5.74, 6) is -1.23. The molecule has 1 nitrogen and oxygen atoms in total. The Kier molecular flexibility index (Phi) is 3.07. The van der Waals surface area contributed by atoms with Crippen molar-refractivity contribution in [2.45, 2.75) is 12.5 Å². The average molecular weight is 289 g/mol. The molecule has 3 rings (SSSR count). The summed E-state index contributed by atoms with van der Waals surface area (Å²) in [4.78, 5) is 0. The van der Waals surface area contributed by atoms with E-state index in [4.69, 9.17) is 5.73 Å². The first-order valence-electron chi connectivity index (χ1n) is 6.20. The van der Waals surface area contributed by atoms with Gasteiger partial charge in [0.15, 0.2) is 0 Å². The van der Waals surface area contributed by atoms with Gasteiger partial charge >= 0.3 is 0 Å². The number of rotatable bonds is 2. The molecule has 0 aliphatic rings. The summed E-state index contributed by atoms with van der Waals surface area (Å²) in [5.41, 5.74) is 6.74. The minimum absolute atomic E-state index is 0.427. The number of thiophene rings is 1. The van der Waals surface area contributed by atoms with Gasteiger partial charge < -0.3 is 5.73 Å². The Morgan fingerprint density at radius 3 is 2.45 bits per heavy atom. The summed E-state index contributed by atoms with van der Waals surface area (Å²) in [6.07, 6.45) is 0. The lowest BCUT2D eigenvalue weighted by Gasteiger charge is -2.26. The van der Waals surface area contributed by atoms with Gasteiger partial charge in [0, 0.05) is 10.8 Å². The van der Waals surface area contributed by atoms with Crippen LogP contribution in [0.3, 0.4) is 0 Å². The fourth-order valence-electron chi connectivity index (χ4n) is 2.41. The number of hydrogen-bond donors (Lipinski definition) is 1. The number of fused-ring (bicyclic) bond motifs is 1. The monoisotopic (exact) mass is 289 g/mol. The summed E-state index contributed by atoms with van der Waals surface area (Å²) in [6, 6.07) is 11.2. The molecule has 0 fully saturated rings. The zero-order chi connectivity index (χ0) is 14.3. The van der Waals surface area contributed by atoms with Crippen molar-refractivity contribution in [1.29, 1.82) is 0 Å². The molecule has 102 valence electrons. The zero-order valence-corrected chi connectivity index (χ0v) is 11.7. The fourth-order valence-corrected chi connectivity index (χ4v) is 3.44. The minimum Gasteiger partial charge on any atom is -0.318 e. The van der Waals surface area contributed by atoms with Crippen LogP contribution in [-0.4, -0.2) is 0 Å². The van der Waals surface area contributed by atoms with Crippen molar-refractivity contribution < 1.29 is 8.78 Å². The van der Waals surface area contributed by atoms with Crippen molar-refractivity contribution in [2.24, 2.45) is 5.73 Å². The smallest absolute Gasteiger partial charge is 0.126 e. The second-order valence-corrected chi connectivity index (χ2v) is 5.92. The van der Waals surface area contributed by atoms with E-state index in [1.165, 1.54) is 12.1 Å². The van der Waals surface area contributed by atoms with E-state index in [9.17, 15) is 8.78 Å². The van der Waals surface area contributed by atoms with Gasteiger partial charge in [-0.15, -0.1) is 11.3 Å². The second-order valence-electron chi connectivity index (χ2n) is 5.00. The Morgan fingerprint density at radius 2 is 1.75 bits per heavy atom. The van der Waals surface area contributed by atoms with E-state index in [1.807, 2.05) is 29.6 Å². The van der Waals surface area contributed by atoms with Crippen molar-refractivity contribution in [2.75, 3.05) is 0 Å². The molecule has 1 atom stereocenters. The highest BCUT2D eigenvalue weighted by Gasteiger charge is 2.27.